The molecule has 0 saturated carbocycles. The van der Waals surface area contributed by atoms with Crippen molar-refractivity contribution in [2.24, 2.45) is 7.05 Å². The molecule has 7 nitrogen and oxygen atoms in total. The summed E-state index contributed by atoms with van der Waals surface area (Å²) in [5, 5.41) is 4.29. The number of fused-ring (bicyclic) bond motifs is 2. The van der Waals surface area contributed by atoms with Gasteiger partial charge in [0.1, 0.15) is 12.4 Å². The molecule has 4 aromatic rings. The van der Waals surface area contributed by atoms with Gasteiger partial charge in [-0.3, -0.25) is 19.3 Å². The summed E-state index contributed by atoms with van der Waals surface area (Å²) < 4.78 is 35.0. The molecule has 0 unspecified atom stereocenters. The molecule has 5 rings (SSSR count). The van der Waals surface area contributed by atoms with Gasteiger partial charge in [0.05, 0.1) is 17.4 Å². The second-order valence-corrected chi connectivity index (χ2v) is 8.23. The molecule has 0 saturated heterocycles. The molecule has 1 aliphatic carbocycles. The summed E-state index contributed by atoms with van der Waals surface area (Å²) in [6.07, 6.45) is 6.44. The molecule has 174 valence electrons. The highest BCUT2D eigenvalue weighted by molar-refractivity contribution is 5.93. The maximum atomic E-state index is 14.1. The Labute approximate surface area is 194 Å². The minimum atomic E-state index is -0.568. The van der Waals surface area contributed by atoms with Crippen molar-refractivity contribution in [3.63, 3.8) is 0 Å². The highest BCUT2D eigenvalue weighted by atomic mass is 19.1. The number of hydrogen-bond donors (Lipinski definition) is 1. The van der Waals surface area contributed by atoms with Gasteiger partial charge in [0.15, 0.2) is 5.82 Å². The number of anilines is 1. The Morgan fingerprint density at radius 1 is 1.12 bits per heavy atom. The lowest BCUT2D eigenvalue weighted by atomic mass is 9.92. The van der Waals surface area contributed by atoms with E-state index in [0.29, 0.717) is 12.1 Å². The van der Waals surface area contributed by atoms with Gasteiger partial charge in [-0.05, 0) is 49.4 Å². The summed E-state index contributed by atoms with van der Waals surface area (Å²) in [5.41, 5.74) is 3.73. The van der Waals surface area contributed by atoms with E-state index in [4.69, 9.17) is 4.74 Å². The maximum absolute atomic E-state index is 14.1. The van der Waals surface area contributed by atoms with Crippen molar-refractivity contribution in [2.75, 3.05) is 18.5 Å². The van der Waals surface area contributed by atoms with E-state index in [1.54, 1.807) is 13.1 Å². The third kappa shape index (κ3) is 4.21. The Hall–Kier alpha value is -3.88. The maximum Gasteiger partial charge on any atom is 0.299 e. The monoisotopic (exact) mass is 463 g/mol. The Morgan fingerprint density at radius 3 is 2.82 bits per heavy atom. The fourth-order valence-corrected chi connectivity index (χ4v) is 4.29. The molecular weight excluding hydrogens is 440 g/mol. The average Bonchev–Trinajstić information content (AvgIpc) is 2.83. The molecular formula is C25H23F2N5O2. The number of nitrogens with zero attached hydrogens (tertiary/aromatic N) is 4. The van der Waals surface area contributed by atoms with E-state index in [0.717, 1.165) is 54.2 Å². The average molecular weight is 463 g/mol. The van der Waals surface area contributed by atoms with Crippen LogP contribution in [0, 0.1) is 11.6 Å². The number of aryl methyl sites for hydroxylation is 1. The third-order valence-electron chi connectivity index (χ3n) is 6.00. The van der Waals surface area contributed by atoms with Gasteiger partial charge in [0.2, 0.25) is 0 Å². The summed E-state index contributed by atoms with van der Waals surface area (Å²) in [6, 6.07) is 7.44. The molecule has 0 atom stereocenters. The molecule has 0 radical (unpaired) electrons. The molecule has 3 heterocycles. The SMILES string of the molecule is Cn1c(OCCNc2c3c(nc4cc(F)ccc24)CCCC3)nc(-c2ccncc2F)cc1=O. The van der Waals surface area contributed by atoms with E-state index in [1.807, 2.05) is 0 Å². The van der Waals surface area contributed by atoms with Crippen LogP contribution in [-0.4, -0.2) is 32.7 Å². The smallest absolute Gasteiger partial charge is 0.299 e. The van der Waals surface area contributed by atoms with Crippen LogP contribution >= 0.6 is 0 Å². The fourth-order valence-electron chi connectivity index (χ4n) is 4.29. The second-order valence-electron chi connectivity index (χ2n) is 8.23. The van der Waals surface area contributed by atoms with Gasteiger partial charge in [-0.2, -0.15) is 4.98 Å². The molecule has 0 spiro atoms. The Bertz CT molecular complexity index is 1440. The highest BCUT2D eigenvalue weighted by Crippen LogP contribution is 2.33. The summed E-state index contributed by atoms with van der Waals surface area (Å²) in [5.74, 6) is -0.885. The van der Waals surface area contributed by atoms with E-state index in [9.17, 15) is 13.6 Å². The van der Waals surface area contributed by atoms with Crippen molar-refractivity contribution in [1.29, 1.82) is 0 Å². The van der Waals surface area contributed by atoms with Gasteiger partial charge in [-0.25, -0.2) is 8.78 Å². The first-order chi connectivity index (χ1) is 16.5. The van der Waals surface area contributed by atoms with Gasteiger partial charge in [-0.1, -0.05) is 0 Å². The lowest BCUT2D eigenvalue weighted by Crippen LogP contribution is -2.22. The molecule has 9 heteroatoms. The molecule has 0 amide bonds. The molecule has 1 aliphatic rings. The van der Waals surface area contributed by atoms with Crippen LogP contribution in [0.2, 0.25) is 0 Å². The predicted molar refractivity (Wildman–Crippen MR) is 125 cm³/mol. The quantitative estimate of drug-likeness (QED) is 0.435. The number of nitrogens with one attached hydrogen (secondary N) is 1. The summed E-state index contributed by atoms with van der Waals surface area (Å²) >= 11 is 0. The predicted octanol–water partition coefficient (Wildman–Crippen LogP) is 4.04. The van der Waals surface area contributed by atoms with E-state index in [2.05, 4.69) is 20.3 Å². The molecule has 0 bridgehead atoms. The lowest BCUT2D eigenvalue weighted by Gasteiger charge is -2.22. The number of rotatable bonds is 6. The van der Waals surface area contributed by atoms with Crippen LogP contribution in [0.4, 0.5) is 14.5 Å². The zero-order valence-corrected chi connectivity index (χ0v) is 18.6. The Morgan fingerprint density at radius 2 is 1.97 bits per heavy atom. The Balaban J connectivity index is 1.37. The minimum absolute atomic E-state index is 0.0872. The lowest BCUT2D eigenvalue weighted by molar-refractivity contribution is 0.290. The number of ether oxygens (including phenoxy) is 1. The topological polar surface area (TPSA) is 81.9 Å². The molecule has 1 N–H and O–H groups in total. The number of pyridine rings is 2. The van der Waals surface area contributed by atoms with Gasteiger partial charge in [-0.15, -0.1) is 0 Å². The van der Waals surface area contributed by atoms with Gasteiger partial charge in [0, 0.05) is 54.3 Å². The van der Waals surface area contributed by atoms with Crippen molar-refractivity contribution < 1.29 is 13.5 Å². The summed E-state index contributed by atoms with van der Waals surface area (Å²) in [4.78, 5) is 25.1. The van der Waals surface area contributed by atoms with E-state index in [1.165, 1.54) is 35.0 Å². The van der Waals surface area contributed by atoms with Gasteiger partial charge >= 0.3 is 0 Å². The first kappa shape index (κ1) is 21.9. The molecule has 1 aromatic carbocycles. The summed E-state index contributed by atoms with van der Waals surface area (Å²) in [7, 11) is 1.55. The first-order valence-corrected chi connectivity index (χ1v) is 11.2. The zero-order valence-electron chi connectivity index (χ0n) is 18.6. The highest BCUT2D eigenvalue weighted by Gasteiger charge is 2.18. The van der Waals surface area contributed by atoms with Crippen LogP contribution in [-0.2, 0) is 19.9 Å². The van der Waals surface area contributed by atoms with Gasteiger partial charge < -0.3 is 10.1 Å². The number of aromatic nitrogens is 4. The van der Waals surface area contributed by atoms with E-state index < -0.39 is 5.82 Å². The standard InChI is InChI=1S/C25H23F2N5O2/c1-32-23(33)13-22(16-8-9-28-14-19(16)27)31-25(32)34-11-10-29-24-17-4-2-3-5-20(17)30-21-12-15(26)6-7-18(21)24/h6-9,12-14H,2-5,10-11H2,1H3,(H,29,30). The largest absolute Gasteiger partial charge is 0.463 e. The van der Waals surface area contributed by atoms with E-state index >= 15 is 0 Å². The summed E-state index contributed by atoms with van der Waals surface area (Å²) in [6.45, 7) is 0.634. The van der Waals surface area contributed by atoms with Crippen LogP contribution in [0.25, 0.3) is 22.2 Å². The fraction of sp³-hybridized carbons (Fsp3) is 0.280. The molecule has 3 aromatic heterocycles. The second kappa shape index (κ2) is 9.17. The minimum Gasteiger partial charge on any atom is -0.463 e. The van der Waals surface area contributed by atoms with Gasteiger partial charge in [0.25, 0.3) is 11.6 Å². The number of halogens is 2. The van der Waals surface area contributed by atoms with Crippen molar-refractivity contribution in [1.82, 2.24) is 19.5 Å². The zero-order chi connectivity index (χ0) is 23.7. The van der Waals surface area contributed by atoms with Crippen molar-refractivity contribution in [2.45, 2.75) is 25.7 Å². The van der Waals surface area contributed by atoms with Crippen LogP contribution in [0.15, 0.2) is 47.5 Å². The van der Waals surface area contributed by atoms with Crippen LogP contribution in [0.5, 0.6) is 6.01 Å². The van der Waals surface area contributed by atoms with Crippen LogP contribution in [0.3, 0.4) is 0 Å². The van der Waals surface area contributed by atoms with Crippen molar-refractivity contribution >= 4 is 16.6 Å². The molecule has 0 fully saturated rings. The van der Waals surface area contributed by atoms with Crippen LogP contribution in [0.1, 0.15) is 24.1 Å². The number of benzene rings is 1. The third-order valence-corrected chi connectivity index (χ3v) is 6.00. The first-order valence-electron chi connectivity index (χ1n) is 11.2. The Kier molecular flexibility index (Phi) is 5.91. The van der Waals surface area contributed by atoms with Crippen molar-refractivity contribution in [3.05, 3.63) is 76.0 Å². The normalized spacial score (nSPS) is 13.0. The van der Waals surface area contributed by atoms with Crippen LogP contribution < -0.4 is 15.6 Å². The van der Waals surface area contributed by atoms with E-state index in [-0.39, 0.29) is 35.3 Å². The molecule has 0 aliphatic heterocycles. The molecule has 34 heavy (non-hydrogen) atoms. The van der Waals surface area contributed by atoms with Crippen molar-refractivity contribution in [3.8, 4) is 17.3 Å². The number of hydrogen-bond acceptors (Lipinski definition) is 6.